The molecule has 23 heavy (non-hydrogen) atoms. The van der Waals surface area contributed by atoms with Gasteiger partial charge in [0.05, 0.1) is 0 Å². The van der Waals surface area contributed by atoms with Crippen LogP contribution in [0, 0.1) is 6.92 Å². The van der Waals surface area contributed by atoms with E-state index in [4.69, 9.17) is 4.74 Å². The number of nitrogens with zero attached hydrogens (tertiary/aromatic N) is 3. The minimum Gasteiger partial charge on any atom is -0.385 e. The van der Waals surface area contributed by atoms with E-state index in [0.29, 0.717) is 24.8 Å². The van der Waals surface area contributed by atoms with Gasteiger partial charge in [-0.1, -0.05) is 18.2 Å². The van der Waals surface area contributed by atoms with Gasteiger partial charge in [-0.3, -0.25) is 4.79 Å². The number of benzene rings is 1. The number of carbonyl (C=O) groups excluding carboxylic acids is 1. The van der Waals surface area contributed by atoms with Crippen molar-refractivity contribution in [2.45, 2.75) is 13.3 Å². The standard InChI is InChI=1S/C17H22N4O2/c1-13-12-15(16(22)18-10-7-11-23-3)20-17(19-13)21(2)14-8-5-4-6-9-14/h4-6,8-9,12H,7,10-11H2,1-3H3,(H,18,22). The van der Waals surface area contributed by atoms with E-state index in [0.717, 1.165) is 17.8 Å². The molecule has 0 bridgehead atoms. The van der Waals surface area contributed by atoms with E-state index in [1.165, 1.54) is 0 Å². The van der Waals surface area contributed by atoms with E-state index >= 15 is 0 Å². The van der Waals surface area contributed by atoms with Crippen molar-refractivity contribution in [1.82, 2.24) is 15.3 Å². The molecular formula is C17H22N4O2. The normalized spacial score (nSPS) is 10.4. The SMILES string of the molecule is COCCCNC(=O)c1cc(C)nc(N(C)c2ccccc2)n1. The maximum Gasteiger partial charge on any atom is 0.270 e. The zero-order chi connectivity index (χ0) is 16.7. The molecule has 0 spiro atoms. The van der Waals surface area contributed by atoms with Gasteiger partial charge in [0.1, 0.15) is 5.69 Å². The van der Waals surface area contributed by atoms with Crippen LogP contribution >= 0.6 is 0 Å². The lowest BCUT2D eigenvalue weighted by atomic mass is 10.3. The Kier molecular flexibility index (Phi) is 6.05. The van der Waals surface area contributed by atoms with E-state index < -0.39 is 0 Å². The predicted octanol–water partition coefficient (Wildman–Crippen LogP) is 2.32. The third kappa shape index (κ3) is 4.75. The molecule has 1 amide bonds. The number of hydrogen-bond donors (Lipinski definition) is 1. The zero-order valence-electron chi connectivity index (χ0n) is 13.7. The maximum absolute atomic E-state index is 12.2. The second kappa shape index (κ2) is 8.24. The molecule has 1 heterocycles. The molecule has 2 aromatic rings. The second-order valence-electron chi connectivity index (χ2n) is 5.19. The van der Waals surface area contributed by atoms with Crippen LogP contribution < -0.4 is 10.2 Å². The average molecular weight is 314 g/mol. The number of rotatable bonds is 7. The summed E-state index contributed by atoms with van der Waals surface area (Å²) in [6.45, 7) is 3.02. The van der Waals surface area contributed by atoms with Crippen LogP contribution in [0.15, 0.2) is 36.4 Å². The van der Waals surface area contributed by atoms with Crippen molar-refractivity contribution >= 4 is 17.5 Å². The minimum atomic E-state index is -0.200. The van der Waals surface area contributed by atoms with Crippen LogP contribution in [-0.2, 0) is 4.74 Å². The van der Waals surface area contributed by atoms with Crippen molar-refractivity contribution in [1.29, 1.82) is 0 Å². The van der Waals surface area contributed by atoms with Gasteiger partial charge in [0.25, 0.3) is 5.91 Å². The number of ether oxygens (including phenoxy) is 1. The molecule has 0 radical (unpaired) electrons. The fourth-order valence-corrected chi connectivity index (χ4v) is 2.10. The molecule has 0 aliphatic carbocycles. The molecule has 122 valence electrons. The molecule has 0 saturated carbocycles. The van der Waals surface area contributed by atoms with Crippen molar-refractivity contribution in [3.63, 3.8) is 0 Å². The molecule has 0 atom stereocenters. The van der Waals surface area contributed by atoms with Gasteiger partial charge in [-0.05, 0) is 31.5 Å². The van der Waals surface area contributed by atoms with Crippen LogP contribution in [-0.4, -0.2) is 43.2 Å². The molecular weight excluding hydrogens is 292 g/mol. The number of aryl methyl sites for hydroxylation is 1. The number of para-hydroxylation sites is 1. The summed E-state index contributed by atoms with van der Waals surface area (Å²) in [5.41, 5.74) is 2.08. The Morgan fingerprint density at radius 1 is 1.26 bits per heavy atom. The van der Waals surface area contributed by atoms with Crippen molar-refractivity contribution in [2.24, 2.45) is 0 Å². The maximum atomic E-state index is 12.2. The van der Waals surface area contributed by atoms with E-state index in [1.54, 1.807) is 13.2 Å². The smallest absolute Gasteiger partial charge is 0.270 e. The summed E-state index contributed by atoms with van der Waals surface area (Å²) in [5, 5.41) is 2.84. The lowest BCUT2D eigenvalue weighted by Crippen LogP contribution is -2.27. The van der Waals surface area contributed by atoms with Crippen LogP contribution in [0.25, 0.3) is 0 Å². The third-order valence-electron chi connectivity index (χ3n) is 3.33. The van der Waals surface area contributed by atoms with E-state index in [1.807, 2.05) is 49.2 Å². The quantitative estimate of drug-likeness (QED) is 0.794. The summed E-state index contributed by atoms with van der Waals surface area (Å²) < 4.78 is 4.96. The van der Waals surface area contributed by atoms with Crippen molar-refractivity contribution in [3.05, 3.63) is 47.8 Å². The highest BCUT2D eigenvalue weighted by Crippen LogP contribution is 2.20. The Balaban J connectivity index is 2.14. The minimum absolute atomic E-state index is 0.200. The van der Waals surface area contributed by atoms with Gasteiger partial charge in [-0.2, -0.15) is 0 Å². The number of carbonyl (C=O) groups is 1. The average Bonchev–Trinajstić information content (AvgIpc) is 2.58. The lowest BCUT2D eigenvalue weighted by molar-refractivity contribution is 0.0943. The Hall–Kier alpha value is -2.47. The van der Waals surface area contributed by atoms with Crippen molar-refractivity contribution in [3.8, 4) is 0 Å². The molecule has 0 unspecified atom stereocenters. The first-order valence-electron chi connectivity index (χ1n) is 7.53. The highest BCUT2D eigenvalue weighted by atomic mass is 16.5. The summed E-state index contributed by atoms with van der Waals surface area (Å²) >= 11 is 0. The van der Waals surface area contributed by atoms with Gasteiger partial charge >= 0.3 is 0 Å². The van der Waals surface area contributed by atoms with Crippen molar-refractivity contribution in [2.75, 3.05) is 32.2 Å². The van der Waals surface area contributed by atoms with Gasteiger partial charge < -0.3 is 15.0 Å². The fraction of sp³-hybridized carbons (Fsp3) is 0.353. The Morgan fingerprint density at radius 2 is 2.00 bits per heavy atom. The van der Waals surface area contributed by atoms with E-state index in [9.17, 15) is 4.79 Å². The molecule has 6 heteroatoms. The number of anilines is 2. The van der Waals surface area contributed by atoms with Crippen LogP contribution in [0.1, 0.15) is 22.6 Å². The molecule has 2 rings (SSSR count). The summed E-state index contributed by atoms with van der Waals surface area (Å²) in [4.78, 5) is 22.9. The van der Waals surface area contributed by atoms with Crippen LogP contribution in [0.4, 0.5) is 11.6 Å². The first-order valence-corrected chi connectivity index (χ1v) is 7.53. The largest absolute Gasteiger partial charge is 0.385 e. The van der Waals surface area contributed by atoms with Crippen LogP contribution in [0.5, 0.6) is 0 Å². The predicted molar refractivity (Wildman–Crippen MR) is 90.1 cm³/mol. The van der Waals surface area contributed by atoms with Gasteiger partial charge in [0.2, 0.25) is 5.95 Å². The van der Waals surface area contributed by atoms with Crippen molar-refractivity contribution < 1.29 is 9.53 Å². The number of hydrogen-bond acceptors (Lipinski definition) is 5. The highest BCUT2D eigenvalue weighted by Gasteiger charge is 2.13. The molecule has 1 aromatic heterocycles. The molecule has 0 fully saturated rings. The van der Waals surface area contributed by atoms with Crippen LogP contribution in [0.3, 0.4) is 0 Å². The molecule has 0 aliphatic heterocycles. The Morgan fingerprint density at radius 3 is 2.70 bits per heavy atom. The first-order chi connectivity index (χ1) is 11.1. The van der Waals surface area contributed by atoms with E-state index in [-0.39, 0.29) is 5.91 Å². The summed E-state index contributed by atoms with van der Waals surface area (Å²) in [6, 6.07) is 11.5. The second-order valence-corrected chi connectivity index (χ2v) is 5.19. The number of nitrogens with one attached hydrogen (secondary N) is 1. The monoisotopic (exact) mass is 314 g/mol. The highest BCUT2D eigenvalue weighted by molar-refractivity contribution is 5.92. The number of methoxy groups -OCH3 is 1. The molecule has 1 N–H and O–H groups in total. The molecule has 1 aromatic carbocycles. The van der Waals surface area contributed by atoms with E-state index in [2.05, 4.69) is 15.3 Å². The molecule has 6 nitrogen and oxygen atoms in total. The number of amides is 1. The molecule has 0 saturated heterocycles. The fourth-order valence-electron chi connectivity index (χ4n) is 2.10. The summed E-state index contributed by atoms with van der Waals surface area (Å²) in [7, 11) is 3.52. The Bertz CT molecular complexity index is 646. The topological polar surface area (TPSA) is 67.3 Å². The zero-order valence-corrected chi connectivity index (χ0v) is 13.7. The van der Waals surface area contributed by atoms with Gasteiger partial charge in [0, 0.05) is 38.7 Å². The third-order valence-corrected chi connectivity index (χ3v) is 3.33. The van der Waals surface area contributed by atoms with Gasteiger partial charge in [-0.15, -0.1) is 0 Å². The summed E-state index contributed by atoms with van der Waals surface area (Å²) in [6.07, 6.45) is 0.767. The molecule has 0 aliphatic rings. The first kappa shape index (κ1) is 16.9. The van der Waals surface area contributed by atoms with Crippen LogP contribution in [0.2, 0.25) is 0 Å². The number of aromatic nitrogens is 2. The van der Waals surface area contributed by atoms with Gasteiger partial charge in [-0.25, -0.2) is 9.97 Å². The Labute approximate surface area is 136 Å². The lowest BCUT2D eigenvalue weighted by Gasteiger charge is -2.18. The van der Waals surface area contributed by atoms with Gasteiger partial charge in [0.15, 0.2) is 0 Å². The summed E-state index contributed by atoms with van der Waals surface area (Å²) in [5.74, 6) is 0.299.